The number of aliphatic hydroxyl groups excluding tert-OH is 1. The normalized spacial score (nSPS) is 17.1. The zero-order chi connectivity index (χ0) is 25.4. The third-order valence-corrected chi connectivity index (χ3v) is 6.07. The Morgan fingerprint density at radius 1 is 0.943 bits per heavy atom. The summed E-state index contributed by atoms with van der Waals surface area (Å²) in [5, 5.41) is 10.9. The molecule has 4 rings (SSSR count). The predicted molar refractivity (Wildman–Crippen MR) is 127 cm³/mol. The molecule has 180 valence electrons. The van der Waals surface area contributed by atoms with Crippen molar-refractivity contribution in [2.75, 3.05) is 19.1 Å². The second-order valence-electron chi connectivity index (χ2n) is 7.85. The molecule has 0 bridgehead atoms. The van der Waals surface area contributed by atoms with Gasteiger partial charge in [0.25, 0.3) is 11.7 Å². The summed E-state index contributed by atoms with van der Waals surface area (Å²) < 4.78 is 38.3. The van der Waals surface area contributed by atoms with Crippen LogP contribution in [0.5, 0.6) is 11.5 Å². The lowest BCUT2D eigenvalue weighted by Crippen LogP contribution is -2.29. The van der Waals surface area contributed by atoms with Crippen LogP contribution in [0.15, 0.2) is 60.2 Å². The fraction of sp³-hybridized carbons (Fsp3) is 0.154. The topological polar surface area (TPSA) is 76.1 Å². The van der Waals surface area contributed by atoms with Crippen LogP contribution in [0.2, 0.25) is 5.02 Å². The van der Waals surface area contributed by atoms with Crippen molar-refractivity contribution in [3.63, 3.8) is 0 Å². The lowest BCUT2D eigenvalue weighted by Gasteiger charge is -2.26. The third-order valence-electron chi connectivity index (χ3n) is 5.78. The molecule has 6 nitrogen and oxygen atoms in total. The van der Waals surface area contributed by atoms with Crippen molar-refractivity contribution in [2.45, 2.75) is 13.0 Å². The highest BCUT2D eigenvalue weighted by molar-refractivity contribution is 6.51. The van der Waals surface area contributed by atoms with Crippen molar-refractivity contribution in [3.8, 4) is 11.5 Å². The summed E-state index contributed by atoms with van der Waals surface area (Å²) in [5.74, 6) is -2.85. The van der Waals surface area contributed by atoms with E-state index in [2.05, 4.69) is 0 Å². The third kappa shape index (κ3) is 4.21. The van der Waals surface area contributed by atoms with Crippen molar-refractivity contribution in [1.82, 2.24) is 0 Å². The number of ketones is 1. The molecule has 1 heterocycles. The lowest BCUT2D eigenvalue weighted by molar-refractivity contribution is -0.132. The molecule has 1 fully saturated rings. The molecule has 35 heavy (non-hydrogen) atoms. The van der Waals surface area contributed by atoms with Gasteiger partial charge in [0, 0.05) is 11.3 Å². The molecule has 0 spiro atoms. The molecule has 1 aliphatic heterocycles. The van der Waals surface area contributed by atoms with Gasteiger partial charge < -0.3 is 14.6 Å². The first-order valence-corrected chi connectivity index (χ1v) is 10.8. The fourth-order valence-electron chi connectivity index (χ4n) is 4.02. The second kappa shape index (κ2) is 9.38. The van der Waals surface area contributed by atoms with E-state index in [0.717, 1.165) is 17.0 Å². The van der Waals surface area contributed by atoms with Crippen LogP contribution < -0.4 is 14.4 Å². The van der Waals surface area contributed by atoms with Crippen LogP contribution in [0.1, 0.15) is 22.7 Å². The zero-order valence-corrected chi connectivity index (χ0v) is 19.7. The van der Waals surface area contributed by atoms with Gasteiger partial charge in [0.1, 0.15) is 17.4 Å². The Labute approximate surface area is 205 Å². The quantitative estimate of drug-likeness (QED) is 0.282. The largest absolute Gasteiger partial charge is 0.507 e. The molecule has 0 radical (unpaired) electrons. The number of aliphatic hydroxyl groups is 1. The fourth-order valence-corrected chi connectivity index (χ4v) is 4.19. The maximum atomic E-state index is 13.8. The molecule has 3 aromatic rings. The van der Waals surface area contributed by atoms with Crippen LogP contribution in [0, 0.1) is 18.6 Å². The van der Waals surface area contributed by atoms with Crippen molar-refractivity contribution < 1.29 is 33.0 Å². The number of anilines is 1. The number of carbonyl (C=O) groups excluding carboxylic acids is 2. The molecular formula is C26H20ClF2NO5. The number of carbonyl (C=O) groups is 2. The number of ether oxygens (including phenoxy) is 2. The van der Waals surface area contributed by atoms with Crippen LogP contribution in [-0.2, 0) is 9.59 Å². The Balaban J connectivity index is 1.99. The van der Waals surface area contributed by atoms with E-state index in [1.165, 1.54) is 45.4 Å². The highest BCUT2D eigenvalue weighted by atomic mass is 35.5. The molecule has 1 amide bonds. The summed E-state index contributed by atoms with van der Waals surface area (Å²) in [5.41, 5.74) is 0.727. The maximum absolute atomic E-state index is 13.8. The number of methoxy groups -OCH3 is 2. The molecule has 1 aliphatic rings. The maximum Gasteiger partial charge on any atom is 0.300 e. The van der Waals surface area contributed by atoms with Gasteiger partial charge in [0.15, 0.2) is 11.5 Å². The number of halogens is 3. The molecule has 1 atom stereocenters. The first-order valence-electron chi connectivity index (χ1n) is 10.4. The summed E-state index contributed by atoms with van der Waals surface area (Å²) in [4.78, 5) is 27.6. The Morgan fingerprint density at radius 2 is 1.63 bits per heavy atom. The van der Waals surface area contributed by atoms with E-state index in [1.807, 2.05) is 0 Å². The lowest BCUT2D eigenvalue weighted by atomic mass is 9.94. The number of Topliss-reactive ketones (excluding diaryl/α,β-unsaturated/α-hetero) is 1. The monoisotopic (exact) mass is 499 g/mol. The molecule has 1 N–H and O–H groups in total. The Hall–Kier alpha value is -3.91. The molecule has 0 saturated carbocycles. The van der Waals surface area contributed by atoms with Crippen LogP contribution in [-0.4, -0.2) is 31.0 Å². The van der Waals surface area contributed by atoms with E-state index in [1.54, 1.807) is 18.2 Å². The zero-order valence-electron chi connectivity index (χ0n) is 18.9. The number of rotatable bonds is 5. The molecule has 1 unspecified atom stereocenters. The van der Waals surface area contributed by atoms with Gasteiger partial charge in [-0.3, -0.25) is 14.5 Å². The molecule has 1 saturated heterocycles. The van der Waals surface area contributed by atoms with E-state index in [0.29, 0.717) is 17.1 Å². The number of hydrogen-bond acceptors (Lipinski definition) is 5. The van der Waals surface area contributed by atoms with Crippen molar-refractivity contribution in [2.24, 2.45) is 0 Å². The van der Waals surface area contributed by atoms with E-state index >= 15 is 0 Å². The average molecular weight is 500 g/mol. The highest BCUT2D eigenvalue weighted by Crippen LogP contribution is 2.44. The molecule has 3 aromatic carbocycles. The van der Waals surface area contributed by atoms with E-state index < -0.39 is 35.1 Å². The molecule has 0 aliphatic carbocycles. The van der Waals surface area contributed by atoms with Gasteiger partial charge in [0.2, 0.25) is 0 Å². The summed E-state index contributed by atoms with van der Waals surface area (Å²) in [7, 11) is 2.89. The Morgan fingerprint density at radius 3 is 2.26 bits per heavy atom. The first-order chi connectivity index (χ1) is 16.7. The van der Waals surface area contributed by atoms with Crippen LogP contribution in [0.3, 0.4) is 0 Å². The van der Waals surface area contributed by atoms with Gasteiger partial charge in [-0.15, -0.1) is 0 Å². The molecule has 0 aromatic heterocycles. The van der Waals surface area contributed by atoms with Gasteiger partial charge >= 0.3 is 0 Å². The predicted octanol–water partition coefficient (Wildman–Crippen LogP) is 5.57. The van der Waals surface area contributed by atoms with Crippen molar-refractivity contribution in [3.05, 3.63) is 93.5 Å². The Kier molecular flexibility index (Phi) is 6.49. The number of nitrogens with zero attached hydrogens (tertiary/aromatic N) is 1. The Bertz CT molecular complexity index is 1390. The van der Waals surface area contributed by atoms with Gasteiger partial charge in [-0.05, 0) is 66.6 Å². The number of hydrogen-bond donors (Lipinski definition) is 1. The van der Waals surface area contributed by atoms with E-state index in [-0.39, 0.29) is 27.4 Å². The van der Waals surface area contributed by atoms with Gasteiger partial charge in [-0.1, -0.05) is 17.7 Å². The summed E-state index contributed by atoms with van der Waals surface area (Å²) in [6.45, 7) is 1.51. The highest BCUT2D eigenvalue weighted by Gasteiger charge is 2.47. The van der Waals surface area contributed by atoms with Crippen molar-refractivity contribution in [1.29, 1.82) is 0 Å². The number of amides is 1. The van der Waals surface area contributed by atoms with Crippen LogP contribution in [0.25, 0.3) is 5.76 Å². The number of benzene rings is 3. The minimum atomic E-state index is -1.12. The first kappa shape index (κ1) is 24.2. The van der Waals surface area contributed by atoms with Crippen molar-refractivity contribution >= 4 is 34.7 Å². The minimum Gasteiger partial charge on any atom is -0.507 e. The number of aryl methyl sites for hydroxylation is 1. The molecule has 9 heteroatoms. The van der Waals surface area contributed by atoms with E-state index in [9.17, 15) is 23.5 Å². The SMILES string of the molecule is COc1ccc(C2/C(=C(\O)c3ccc(F)c(C)c3)C(=O)C(=O)N2c2ccc(F)c(Cl)c2)cc1OC. The van der Waals surface area contributed by atoms with Crippen LogP contribution >= 0.6 is 11.6 Å². The summed E-state index contributed by atoms with van der Waals surface area (Å²) in [6.07, 6.45) is 0. The van der Waals surface area contributed by atoms with Crippen LogP contribution in [0.4, 0.5) is 14.5 Å². The van der Waals surface area contributed by atoms with Gasteiger partial charge in [-0.25, -0.2) is 8.78 Å². The second-order valence-corrected chi connectivity index (χ2v) is 8.25. The van der Waals surface area contributed by atoms with Gasteiger partial charge in [-0.2, -0.15) is 0 Å². The average Bonchev–Trinajstić information content (AvgIpc) is 3.12. The molecular weight excluding hydrogens is 480 g/mol. The summed E-state index contributed by atoms with van der Waals surface area (Å²) >= 11 is 5.95. The smallest absolute Gasteiger partial charge is 0.300 e. The standard InChI is InChI=1S/C26H20ClF2NO5/c1-13-10-15(4-7-18(13)28)24(31)22-23(14-5-9-20(34-2)21(11-14)35-3)30(26(33)25(22)32)16-6-8-19(29)17(27)12-16/h4-12,23,31H,1-3H3/b24-22+. The summed E-state index contributed by atoms with van der Waals surface area (Å²) in [6, 6.07) is 11.1. The van der Waals surface area contributed by atoms with E-state index in [4.69, 9.17) is 21.1 Å². The minimum absolute atomic E-state index is 0.146. The van der Waals surface area contributed by atoms with Gasteiger partial charge in [0.05, 0.1) is 30.9 Å².